The zero-order valence-corrected chi connectivity index (χ0v) is 17.6. The summed E-state index contributed by atoms with van der Waals surface area (Å²) in [7, 11) is 0. The zero-order chi connectivity index (χ0) is 22.8. The number of ether oxygens (including phenoxy) is 1. The van der Waals surface area contributed by atoms with E-state index in [4.69, 9.17) is 4.74 Å². The Balaban J connectivity index is 1.60. The molecule has 1 saturated heterocycles. The number of rotatable bonds is 5. The van der Waals surface area contributed by atoms with Crippen molar-refractivity contribution in [1.29, 1.82) is 0 Å². The summed E-state index contributed by atoms with van der Waals surface area (Å²) in [4.78, 5) is 15.2. The highest BCUT2D eigenvalue weighted by Gasteiger charge is 2.42. The molecule has 0 bridgehead atoms. The van der Waals surface area contributed by atoms with Crippen LogP contribution >= 0.6 is 0 Å². The maximum Gasteiger partial charge on any atom is 0.434 e. The summed E-state index contributed by atoms with van der Waals surface area (Å²) in [6.07, 6.45) is 0.818. The number of aromatic nitrogens is 2. The van der Waals surface area contributed by atoms with Crippen molar-refractivity contribution < 1.29 is 27.1 Å². The highest BCUT2D eigenvalue weighted by atomic mass is 19.4. The van der Waals surface area contributed by atoms with Crippen LogP contribution in [-0.4, -0.2) is 59.0 Å². The number of halogens is 4. The molecule has 1 aromatic heterocycles. The first kappa shape index (κ1) is 22.7. The minimum absolute atomic E-state index is 0.244. The predicted octanol–water partition coefficient (Wildman–Crippen LogP) is 3.80. The minimum atomic E-state index is -4.89. The molecule has 4 rings (SSSR count). The Morgan fingerprint density at radius 3 is 2.47 bits per heavy atom. The quantitative estimate of drug-likeness (QED) is 0.699. The molecule has 1 amide bonds. The average molecular weight is 454 g/mol. The number of nitrogens with one attached hydrogen (secondary N) is 1. The van der Waals surface area contributed by atoms with Gasteiger partial charge < -0.3 is 10.1 Å². The second-order valence-electron chi connectivity index (χ2n) is 8.33. The Hall–Kier alpha value is -2.46. The molecule has 0 spiro atoms. The number of amides is 1. The summed E-state index contributed by atoms with van der Waals surface area (Å²) < 4.78 is 61.7. The van der Waals surface area contributed by atoms with Crippen LogP contribution in [0.25, 0.3) is 5.69 Å². The molecule has 1 aromatic carbocycles. The van der Waals surface area contributed by atoms with E-state index in [0.29, 0.717) is 17.9 Å². The van der Waals surface area contributed by atoms with E-state index in [1.54, 1.807) is 0 Å². The molecule has 0 radical (unpaired) electrons. The lowest BCUT2D eigenvalue weighted by atomic mass is 9.79. The third-order valence-corrected chi connectivity index (χ3v) is 6.41. The molecular formula is C22H26F4N4O2. The van der Waals surface area contributed by atoms with Gasteiger partial charge in [0, 0.05) is 25.2 Å². The standard InChI is InChI=1S/C22H26F4N4O2/c23-17-6-2-3-7-18(17)30-19(22(24,25)26)16(14-28-30)20(31)27-15-21(8-4-1-5-9-21)29-10-12-32-13-11-29/h2-3,6-7,14H,1,4-5,8-13,15H2,(H,27,31). The molecule has 0 atom stereocenters. The molecule has 1 aliphatic carbocycles. The van der Waals surface area contributed by atoms with Crippen LogP contribution in [0.4, 0.5) is 17.6 Å². The fourth-order valence-electron chi connectivity index (χ4n) is 4.79. The Morgan fingerprint density at radius 2 is 1.81 bits per heavy atom. The minimum Gasteiger partial charge on any atom is -0.379 e. The summed E-state index contributed by atoms with van der Waals surface area (Å²) in [5, 5.41) is 6.44. The van der Waals surface area contributed by atoms with E-state index in [0.717, 1.165) is 57.5 Å². The van der Waals surface area contributed by atoms with Crippen molar-refractivity contribution in [3.8, 4) is 5.69 Å². The molecule has 6 nitrogen and oxygen atoms in total. The van der Waals surface area contributed by atoms with Gasteiger partial charge in [-0.3, -0.25) is 9.69 Å². The molecule has 1 N–H and O–H groups in total. The number of alkyl halides is 3. The first-order valence-corrected chi connectivity index (χ1v) is 10.8. The van der Waals surface area contributed by atoms with Crippen LogP contribution in [-0.2, 0) is 10.9 Å². The van der Waals surface area contributed by atoms with Gasteiger partial charge in [-0.15, -0.1) is 0 Å². The highest BCUT2D eigenvalue weighted by molar-refractivity contribution is 5.95. The van der Waals surface area contributed by atoms with Crippen molar-refractivity contribution >= 4 is 5.91 Å². The van der Waals surface area contributed by atoms with Gasteiger partial charge in [0.2, 0.25) is 0 Å². The molecule has 2 aliphatic rings. The number of carbonyl (C=O) groups is 1. The third kappa shape index (κ3) is 4.52. The summed E-state index contributed by atoms with van der Waals surface area (Å²) >= 11 is 0. The Morgan fingerprint density at radius 1 is 1.12 bits per heavy atom. The highest BCUT2D eigenvalue weighted by Crippen LogP contribution is 2.36. The number of benzene rings is 1. The lowest BCUT2D eigenvalue weighted by Crippen LogP contribution is -2.59. The monoisotopic (exact) mass is 454 g/mol. The largest absolute Gasteiger partial charge is 0.434 e. The predicted molar refractivity (Wildman–Crippen MR) is 109 cm³/mol. The third-order valence-electron chi connectivity index (χ3n) is 6.41. The van der Waals surface area contributed by atoms with E-state index in [1.807, 2.05) is 0 Å². The van der Waals surface area contributed by atoms with Gasteiger partial charge in [0.1, 0.15) is 11.5 Å². The van der Waals surface area contributed by atoms with Crippen molar-refractivity contribution in [2.75, 3.05) is 32.8 Å². The van der Waals surface area contributed by atoms with Gasteiger partial charge in [-0.25, -0.2) is 9.07 Å². The smallest absolute Gasteiger partial charge is 0.379 e. The van der Waals surface area contributed by atoms with Crippen LogP contribution in [0.5, 0.6) is 0 Å². The number of para-hydroxylation sites is 1. The second kappa shape index (κ2) is 9.19. The molecule has 174 valence electrons. The molecule has 2 heterocycles. The molecule has 10 heteroatoms. The fourth-order valence-corrected chi connectivity index (χ4v) is 4.79. The Kier molecular flexibility index (Phi) is 6.52. The zero-order valence-electron chi connectivity index (χ0n) is 17.6. The molecule has 2 fully saturated rings. The molecule has 1 saturated carbocycles. The van der Waals surface area contributed by atoms with Crippen molar-refractivity contribution in [2.24, 2.45) is 0 Å². The summed E-state index contributed by atoms with van der Waals surface area (Å²) in [5.41, 5.74) is -2.56. The lowest BCUT2D eigenvalue weighted by Gasteiger charge is -2.48. The maximum atomic E-state index is 14.2. The molecule has 0 unspecified atom stereocenters. The van der Waals surface area contributed by atoms with E-state index in [-0.39, 0.29) is 17.8 Å². The first-order valence-electron chi connectivity index (χ1n) is 10.8. The van der Waals surface area contributed by atoms with E-state index in [1.165, 1.54) is 18.2 Å². The van der Waals surface area contributed by atoms with Crippen LogP contribution in [0.3, 0.4) is 0 Å². The Bertz CT molecular complexity index is 948. The van der Waals surface area contributed by atoms with Crippen LogP contribution in [0.2, 0.25) is 0 Å². The summed E-state index contributed by atoms with van der Waals surface area (Å²) in [6.45, 7) is 2.91. The van der Waals surface area contributed by atoms with Crippen LogP contribution < -0.4 is 5.32 Å². The molecular weight excluding hydrogens is 428 g/mol. The van der Waals surface area contributed by atoms with Gasteiger partial charge in [-0.05, 0) is 25.0 Å². The Labute approximate surface area is 183 Å². The van der Waals surface area contributed by atoms with Gasteiger partial charge in [0.05, 0.1) is 25.0 Å². The van der Waals surface area contributed by atoms with Crippen molar-refractivity contribution in [1.82, 2.24) is 20.0 Å². The number of hydrogen-bond donors (Lipinski definition) is 1. The fraction of sp³-hybridized carbons (Fsp3) is 0.545. The average Bonchev–Trinajstić information content (AvgIpc) is 3.25. The van der Waals surface area contributed by atoms with E-state index >= 15 is 0 Å². The van der Waals surface area contributed by atoms with Crippen LogP contribution in [0.15, 0.2) is 30.5 Å². The van der Waals surface area contributed by atoms with Crippen molar-refractivity contribution in [3.05, 3.63) is 47.5 Å². The van der Waals surface area contributed by atoms with Gasteiger partial charge in [-0.1, -0.05) is 31.4 Å². The van der Waals surface area contributed by atoms with Crippen molar-refractivity contribution in [3.63, 3.8) is 0 Å². The maximum absolute atomic E-state index is 14.2. The number of nitrogens with zero attached hydrogens (tertiary/aromatic N) is 3. The number of carbonyl (C=O) groups excluding carboxylic acids is 1. The lowest BCUT2D eigenvalue weighted by molar-refractivity contribution is -0.143. The second-order valence-corrected chi connectivity index (χ2v) is 8.33. The van der Waals surface area contributed by atoms with Gasteiger partial charge >= 0.3 is 6.18 Å². The van der Waals surface area contributed by atoms with E-state index in [9.17, 15) is 22.4 Å². The van der Waals surface area contributed by atoms with Crippen LogP contribution in [0.1, 0.15) is 48.2 Å². The normalized spacial score (nSPS) is 19.6. The summed E-state index contributed by atoms with van der Waals surface area (Å²) in [6, 6.07) is 5.02. The van der Waals surface area contributed by atoms with Gasteiger partial charge in [0.25, 0.3) is 5.91 Å². The van der Waals surface area contributed by atoms with Gasteiger partial charge in [-0.2, -0.15) is 18.3 Å². The topological polar surface area (TPSA) is 59.4 Å². The van der Waals surface area contributed by atoms with E-state index in [2.05, 4.69) is 15.3 Å². The SMILES string of the molecule is O=C(NCC1(N2CCOCC2)CCCCC1)c1cnn(-c2ccccc2F)c1C(F)(F)F. The first-order chi connectivity index (χ1) is 15.3. The van der Waals surface area contributed by atoms with E-state index < -0.39 is 29.2 Å². The molecule has 32 heavy (non-hydrogen) atoms. The molecule has 1 aliphatic heterocycles. The number of morpholine rings is 1. The summed E-state index contributed by atoms with van der Waals surface area (Å²) in [5.74, 6) is -1.72. The number of hydrogen-bond acceptors (Lipinski definition) is 4. The van der Waals surface area contributed by atoms with Crippen LogP contribution in [0, 0.1) is 5.82 Å². The molecule has 2 aromatic rings. The van der Waals surface area contributed by atoms with Gasteiger partial charge in [0.15, 0.2) is 5.69 Å². The van der Waals surface area contributed by atoms with Crippen molar-refractivity contribution in [2.45, 2.75) is 43.8 Å².